The van der Waals surface area contributed by atoms with Crippen LogP contribution in [0.5, 0.6) is 0 Å². The Hall–Kier alpha value is -0.120. The lowest BCUT2D eigenvalue weighted by atomic mass is 9.73. The largest absolute Gasteiger partial charge is 0.375 e. The maximum atomic E-state index is 6.19. The van der Waals surface area contributed by atoms with Gasteiger partial charge in [0.2, 0.25) is 0 Å². The quantitative estimate of drug-likeness (QED) is 0.774. The molecule has 0 aromatic rings. The molecule has 1 spiro atoms. The van der Waals surface area contributed by atoms with Crippen molar-refractivity contribution in [2.45, 2.75) is 87.6 Å². The number of hydrogen-bond acceptors (Lipinski definition) is 3. The van der Waals surface area contributed by atoms with Gasteiger partial charge in [0.1, 0.15) is 0 Å². The zero-order valence-electron chi connectivity index (χ0n) is 11.3. The summed E-state index contributed by atoms with van der Waals surface area (Å²) in [5, 5.41) is 0. The lowest BCUT2D eigenvalue weighted by Crippen LogP contribution is -2.57. The highest BCUT2D eigenvalue weighted by atomic mass is 16.5. The average molecular weight is 250 g/mol. The summed E-state index contributed by atoms with van der Waals surface area (Å²) in [4.78, 5) is 2.87. The lowest BCUT2D eigenvalue weighted by Gasteiger charge is -2.52. The van der Waals surface area contributed by atoms with Crippen LogP contribution in [0, 0.1) is 0 Å². The summed E-state index contributed by atoms with van der Waals surface area (Å²) in [6.45, 7) is 0.993. The maximum Gasteiger partial charge on any atom is 0.0697 e. The van der Waals surface area contributed by atoms with Crippen LogP contribution in [0.3, 0.4) is 0 Å². The summed E-state index contributed by atoms with van der Waals surface area (Å²) in [5.41, 5.74) is 6.48. The van der Waals surface area contributed by atoms with Crippen LogP contribution >= 0.6 is 0 Å². The molecule has 1 aliphatic carbocycles. The van der Waals surface area contributed by atoms with Gasteiger partial charge in [-0.05, 0) is 57.8 Å². The van der Waals surface area contributed by atoms with Crippen molar-refractivity contribution < 1.29 is 4.74 Å². The number of piperidine rings is 1. The normalized spacial score (nSPS) is 47.2. The Morgan fingerprint density at radius 2 is 1.72 bits per heavy atom. The predicted octanol–water partition coefficient (Wildman–Crippen LogP) is 2.04. The first-order valence-corrected chi connectivity index (χ1v) is 7.93. The highest BCUT2D eigenvalue weighted by Crippen LogP contribution is 2.46. The third-order valence-electron chi connectivity index (χ3n) is 5.98. The summed E-state index contributed by atoms with van der Waals surface area (Å²) in [6, 6.07) is 2.85. The molecule has 4 fully saturated rings. The molecule has 2 bridgehead atoms. The van der Waals surface area contributed by atoms with Gasteiger partial charge in [-0.2, -0.15) is 0 Å². The van der Waals surface area contributed by atoms with E-state index in [1.807, 2.05) is 0 Å². The second kappa shape index (κ2) is 4.19. The molecule has 102 valence electrons. The molecule has 0 aromatic heterocycles. The Balaban J connectivity index is 1.50. The van der Waals surface area contributed by atoms with E-state index >= 15 is 0 Å². The van der Waals surface area contributed by atoms with E-state index in [-0.39, 0.29) is 0 Å². The molecule has 1 saturated carbocycles. The summed E-state index contributed by atoms with van der Waals surface area (Å²) < 4.78 is 6.08. The van der Waals surface area contributed by atoms with Crippen LogP contribution in [0.2, 0.25) is 0 Å². The number of nitrogens with zero attached hydrogens (tertiary/aromatic N) is 1. The molecule has 3 heteroatoms. The Labute approximate surface area is 110 Å². The standard InChI is InChI=1S/C15H26N2O/c16-11-8-12-2-3-13(9-11)17(12)14-4-7-18-15(10-14)5-1-6-15/h11-14H,1-10,16H2. The second-order valence-electron chi connectivity index (χ2n) is 7.10. The molecule has 0 radical (unpaired) electrons. The van der Waals surface area contributed by atoms with E-state index in [1.165, 1.54) is 57.8 Å². The van der Waals surface area contributed by atoms with Gasteiger partial charge in [0.05, 0.1) is 5.60 Å². The van der Waals surface area contributed by atoms with Gasteiger partial charge in [-0.1, -0.05) is 0 Å². The lowest BCUT2D eigenvalue weighted by molar-refractivity contribution is -0.155. The summed E-state index contributed by atoms with van der Waals surface area (Å²) >= 11 is 0. The topological polar surface area (TPSA) is 38.5 Å². The SMILES string of the molecule is NC1CC2CCC(C1)N2C1CCOC2(CCC2)C1. The molecular weight excluding hydrogens is 224 g/mol. The van der Waals surface area contributed by atoms with Gasteiger partial charge < -0.3 is 10.5 Å². The minimum Gasteiger partial charge on any atom is -0.375 e. The molecule has 4 rings (SSSR count). The van der Waals surface area contributed by atoms with Crippen LogP contribution in [0.4, 0.5) is 0 Å². The monoisotopic (exact) mass is 250 g/mol. The van der Waals surface area contributed by atoms with Crippen LogP contribution in [-0.4, -0.2) is 41.3 Å². The zero-order chi connectivity index (χ0) is 12.2. The van der Waals surface area contributed by atoms with Gasteiger partial charge >= 0.3 is 0 Å². The first kappa shape index (κ1) is 11.7. The number of hydrogen-bond donors (Lipinski definition) is 1. The van der Waals surface area contributed by atoms with Crippen molar-refractivity contribution in [2.24, 2.45) is 5.73 Å². The molecule has 3 unspecified atom stereocenters. The number of fused-ring (bicyclic) bond motifs is 2. The van der Waals surface area contributed by atoms with Gasteiger partial charge in [0, 0.05) is 30.8 Å². The molecule has 4 aliphatic rings. The third kappa shape index (κ3) is 1.75. The van der Waals surface area contributed by atoms with Crippen molar-refractivity contribution in [2.75, 3.05) is 6.61 Å². The van der Waals surface area contributed by atoms with E-state index in [2.05, 4.69) is 4.90 Å². The zero-order valence-corrected chi connectivity index (χ0v) is 11.3. The van der Waals surface area contributed by atoms with E-state index in [4.69, 9.17) is 10.5 Å². The van der Waals surface area contributed by atoms with E-state index in [0.29, 0.717) is 11.6 Å². The van der Waals surface area contributed by atoms with Gasteiger partial charge in [0.15, 0.2) is 0 Å². The fourth-order valence-electron chi connectivity index (χ4n) is 5.03. The second-order valence-corrected chi connectivity index (χ2v) is 7.10. The number of ether oxygens (including phenoxy) is 1. The van der Waals surface area contributed by atoms with E-state index in [0.717, 1.165) is 24.7 Å². The molecule has 3 heterocycles. The Kier molecular flexibility index (Phi) is 2.72. The first-order chi connectivity index (χ1) is 8.76. The van der Waals surface area contributed by atoms with Crippen LogP contribution < -0.4 is 5.73 Å². The smallest absolute Gasteiger partial charge is 0.0697 e. The van der Waals surface area contributed by atoms with Crippen molar-refractivity contribution in [3.05, 3.63) is 0 Å². The Bertz CT molecular complexity index is 314. The molecule has 0 amide bonds. The van der Waals surface area contributed by atoms with Gasteiger partial charge in [-0.15, -0.1) is 0 Å². The number of nitrogens with two attached hydrogens (primary N) is 1. The van der Waals surface area contributed by atoms with E-state index in [1.54, 1.807) is 0 Å². The molecule has 3 saturated heterocycles. The summed E-state index contributed by atoms with van der Waals surface area (Å²) in [6.07, 6.45) is 11.8. The van der Waals surface area contributed by atoms with E-state index < -0.39 is 0 Å². The summed E-state index contributed by atoms with van der Waals surface area (Å²) in [5.74, 6) is 0. The van der Waals surface area contributed by atoms with Gasteiger partial charge in [0.25, 0.3) is 0 Å². The molecule has 18 heavy (non-hydrogen) atoms. The van der Waals surface area contributed by atoms with Crippen molar-refractivity contribution in [3.8, 4) is 0 Å². The highest BCUT2D eigenvalue weighted by molar-refractivity contribution is 5.03. The van der Waals surface area contributed by atoms with Crippen LogP contribution in [0.15, 0.2) is 0 Å². The first-order valence-electron chi connectivity index (χ1n) is 7.93. The van der Waals surface area contributed by atoms with Crippen LogP contribution in [-0.2, 0) is 4.74 Å². The predicted molar refractivity (Wildman–Crippen MR) is 71.4 cm³/mol. The molecule has 3 nitrogen and oxygen atoms in total. The van der Waals surface area contributed by atoms with Crippen LogP contribution in [0.1, 0.15) is 57.8 Å². The van der Waals surface area contributed by atoms with E-state index in [9.17, 15) is 0 Å². The minimum atomic E-state index is 0.294. The fraction of sp³-hybridized carbons (Fsp3) is 1.00. The molecule has 2 N–H and O–H groups in total. The Morgan fingerprint density at radius 3 is 2.33 bits per heavy atom. The van der Waals surface area contributed by atoms with Crippen LogP contribution in [0.25, 0.3) is 0 Å². The fourth-order valence-corrected chi connectivity index (χ4v) is 5.03. The minimum absolute atomic E-state index is 0.294. The molecule has 0 aromatic carbocycles. The van der Waals surface area contributed by atoms with Crippen molar-refractivity contribution in [1.29, 1.82) is 0 Å². The highest BCUT2D eigenvalue weighted by Gasteiger charge is 2.49. The molecule has 3 aliphatic heterocycles. The third-order valence-corrected chi connectivity index (χ3v) is 5.98. The molecular formula is C15H26N2O. The summed E-state index contributed by atoms with van der Waals surface area (Å²) in [7, 11) is 0. The van der Waals surface area contributed by atoms with Gasteiger partial charge in [-0.25, -0.2) is 0 Å². The van der Waals surface area contributed by atoms with Crippen molar-refractivity contribution >= 4 is 0 Å². The average Bonchev–Trinajstić information content (AvgIpc) is 2.60. The van der Waals surface area contributed by atoms with Gasteiger partial charge in [-0.3, -0.25) is 4.90 Å². The number of rotatable bonds is 1. The molecule has 3 atom stereocenters. The van der Waals surface area contributed by atoms with Crippen molar-refractivity contribution in [1.82, 2.24) is 4.90 Å². The maximum absolute atomic E-state index is 6.19. The van der Waals surface area contributed by atoms with Crippen molar-refractivity contribution in [3.63, 3.8) is 0 Å². The Morgan fingerprint density at radius 1 is 1.00 bits per heavy atom.